The minimum absolute atomic E-state index is 0.181. The van der Waals surface area contributed by atoms with Gasteiger partial charge in [0, 0.05) is 15.4 Å². The van der Waals surface area contributed by atoms with Crippen molar-refractivity contribution in [1.82, 2.24) is 0 Å². The zero-order valence-electron chi connectivity index (χ0n) is 14.1. The van der Waals surface area contributed by atoms with Gasteiger partial charge in [-0.05, 0) is 49.4 Å². The molecule has 1 atom stereocenters. The number of ether oxygens (including phenoxy) is 1. The fourth-order valence-electron chi connectivity index (χ4n) is 2.96. The van der Waals surface area contributed by atoms with E-state index in [-0.39, 0.29) is 11.7 Å². The molecule has 1 heterocycles. The summed E-state index contributed by atoms with van der Waals surface area (Å²) >= 11 is 1.74. The van der Waals surface area contributed by atoms with Gasteiger partial charge in [-0.1, -0.05) is 36.0 Å². The van der Waals surface area contributed by atoms with Crippen molar-refractivity contribution < 1.29 is 14.6 Å². The van der Waals surface area contributed by atoms with Gasteiger partial charge < -0.3 is 15.2 Å². The molecule has 0 aliphatic carbocycles. The zero-order chi connectivity index (χ0) is 18.1. The molecule has 1 unspecified atom stereocenters. The van der Waals surface area contributed by atoms with Gasteiger partial charge in [0.25, 0.3) is 0 Å². The first-order chi connectivity index (χ1) is 12.6. The van der Waals surface area contributed by atoms with Gasteiger partial charge in [-0.25, -0.2) is 4.79 Å². The number of hydrogen-bond acceptors (Lipinski definition) is 4. The first-order valence-electron chi connectivity index (χ1n) is 8.28. The Labute approximate surface area is 155 Å². The van der Waals surface area contributed by atoms with Crippen LogP contribution in [-0.4, -0.2) is 11.1 Å². The standard InChI is InChI=1S/C21H17NO3S/c1-13(25-15-11-9-14(10-12-15)21(23)24)16-5-4-8-19-20(16)22-17-6-2-3-7-18(17)26-19/h2-13,22H,1H3,(H,23,24). The van der Waals surface area contributed by atoms with Gasteiger partial charge in [-0.2, -0.15) is 0 Å². The molecule has 3 aromatic carbocycles. The summed E-state index contributed by atoms with van der Waals surface area (Å²) in [7, 11) is 0. The maximum atomic E-state index is 11.0. The topological polar surface area (TPSA) is 58.6 Å². The minimum atomic E-state index is -0.943. The molecule has 1 aliphatic rings. The number of fused-ring (bicyclic) bond motifs is 2. The van der Waals surface area contributed by atoms with Crippen molar-refractivity contribution in [3.05, 3.63) is 77.9 Å². The number of para-hydroxylation sites is 2. The largest absolute Gasteiger partial charge is 0.486 e. The third-order valence-corrected chi connectivity index (χ3v) is 5.41. The SMILES string of the molecule is CC(Oc1ccc(C(=O)O)cc1)c1cccc2c1Nc1ccccc1S2. The van der Waals surface area contributed by atoms with Crippen LogP contribution in [0.3, 0.4) is 0 Å². The van der Waals surface area contributed by atoms with Crippen molar-refractivity contribution >= 4 is 29.1 Å². The van der Waals surface area contributed by atoms with Crippen LogP contribution in [0.5, 0.6) is 5.75 Å². The van der Waals surface area contributed by atoms with E-state index in [0.29, 0.717) is 5.75 Å². The van der Waals surface area contributed by atoms with Gasteiger partial charge in [0.2, 0.25) is 0 Å². The van der Waals surface area contributed by atoms with Crippen molar-refractivity contribution in [3.8, 4) is 5.75 Å². The average molecular weight is 363 g/mol. The average Bonchev–Trinajstić information content (AvgIpc) is 2.66. The number of nitrogens with one attached hydrogen (secondary N) is 1. The summed E-state index contributed by atoms with van der Waals surface area (Å²) in [6.45, 7) is 1.99. The van der Waals surface area contributed by atoms with Crippen molar-refractivity contribution in [2.75, 3.05) is 5.32 Å². The predicted octanol–water partition coefficient (Wildman–Crippen LogP) is 5.73. The number of rotatable bonds is 4. The lowest BCUT2D eigenvalue weighted by molar-refractivity contribution is 0.0697. The smallest absolute Gasteiger partial charge is 0.335 e. The minimum Gasteiger partial charge on any atom is -0.486 e. The second-order valence-electron chi connectivity index (χ2n) is 6.03. The van der Waals surface area contributed by atoms with E-state index in [0.717, 1.165) is 21.8 Å². The third-order valence-electron chi connectivity index (χ3n) is 4.28. The first kappa shape index (κ1) is 16.5. The van der Waals surface area contributed by atoms with Crippen LogP contribution in [0.25, 0.3) is 0 Å². The van der Waals surface area contributed by atoms with Crippen LogP contribution < -0.4 is 10.1 Å². The van der Waals surface area contributed by atoms with E-state index in [2.05, 4.69) is 29.6 Å². The number of benzene rings is 3. The summed E-state index contributed by atoms with van der Waals surface area (Å²) in [5, 5.41) is 12.5. The summed E-state index contributed by atoms with van der Waals surface area (Å²) in [4.78, 5) is 13.3. The zero-order valence-corrected chi connectivity index (χ0v) is 14.9. The number of aromatic carboxylic acids is 1. The molecule has 4 rings (SSSR count). The third kappa shape index (κ3) is 3.13. The lowest BCUT2D eigenvalue weighted by Gasteiger charge is -2.26. The molecule has 0 spiro atoms. The predicted molar refractivity (Wildman–Crippen MR) is 103 cm³/mol. The molecule has 0 fully saturated rings. The Hall–Kier alpha value is -2.92. The molecule has 0 saturated heterocycles. The maximum absolute atomic E-state index is 11.0. The molecule has 1 aliphatic heterocycles. The van der Waals surface area contributed by atoms with Gasteiger partial charge >= 0.3 is 5.97 Å². The van der Waals surface area contributed by atoms with Crippen LogP contribution in [0.4, 0.5) is 11.4 Å². The molecule has 26 heavy (non-hydrogen) atoms. The van der Waals surface area contributed by atoms with Gasteiger partial charge in [0.05, 0.1) is 16.9 Å². The Balaban J connectivity index is 1.60. The molecule has 5 heteroatoms. The highest BCUT2D eigenvalue weighted by atomic mass is 32.2. The van der Waals surface area contributed by atoms with Crippen molar-refractivity contribution in [2.45, 2.75) is 22.8 Å². The maximum Gasteiger partial charge on any atom is 0.335 e. The lowest BCUT2D eigenvalue weighted by Crippen LogP contribution is -2.09. The fraction of sp³-hybridized carbons (Fsp3) is 0.0952. The highest BCUT2D eigenvalue weighted by molar-refractivity contribution is 7.99. The van der Waals surface area contributed by atoms with Crippen LogP contribution in [0, 0.1) is 0 Å². The van der Waals surface area contributed by atoms with Gasteiger partial charge in [0.1, 0.15) is 11.9 Å². The van der Waals surface area contributed by atoms with Crippen molar-refractivity contribution in [2.24, 2.45) is 0 Å². The van der Waals surface area contributed by atoms with E-state index < -0.39 is 5.97 Å². The highest BCUT2D eigenvalue weighted by Crippen LogP contribution is 2.46. The van der Waals surface area contributed by atoms with Gasteiger partial charge in [-0.15, -0.1) is 0 Å². The van der Waals surface area contributed by atoms with Crippen LogP contribution in [0.2, 0.25) is 0 Å². The summed E-state index contributed by atoms with van der Waals surface area (Å²) in [6.07, 6.45) is -0.181. The van der Waals surface area contributed by atoms with E-state index in [1.165, 1.54) is 4.90 Å². The van der Waals surface area contributed by atoms with E-state index in [4.69, 9.17) is 9.84 Å². The molecule has 0 radical (unpaired) electrons. The monoisotopic (exact) mass is 363 g/mol. The van der Waals surface area contributed by atoms with E-state index in [1.807, 2.05) is 25.1 Å². The Bertz CT molecular complexity index is 969. The Kier molecular flexibility index (Phi) is 4.31. The second-order valence-corrected chi connectivity index (χ2v) is 7.12. The number of hydrogen-bond donors (Lipinski definition) is 2. The molecule has 0 bridgehead atoms. The molecule has 2 N–H and O–H groups in total. The molecule has 4 nitrogen and oxygen atoms in total. The second kappa shape index (κ2) is 6.77. The summed E-state index contributed by atoms with van der Waals surface area (Å²) in [5.41, 5.74) is 3.46. The lowest BCUT2D eigenvalue weighted by atomic mass is 10.1. The van der Waals surface area contributed by atoms with E-state index >= 15 is 0 Å². The molecular formula is C21H17NO3S. The number of anilines is 2. The number of carboxylic acids is 1. The Morgan fingerprint density at radius 1 is 1.00 bits per heavy atom. The number of carboxylic acid groups (broad SMARTS) is 1. The molecule has 0 amide bonds. The molecule has 3 aromatic rings. The molecular weight excluding hydrogens is 346 g/mol. The quantitative estimate of drug-likeness (QED) is 0.485. The van der Waals surface area contributed by atoms with Gasteiger partial charge in [0.15, 0.2) is 0 Å². The molecule has 0 aromatic heterocycles. The molecule has 0 saturated carbocycles. The number of carbonyl (C=O) groups is 1. The summed E-state index contributed by atoms with van der Waals surface area (Å²) in [6, 6.07) is 20.9. The van der Waals surface area contributed by atoms with Crippen LogP contribution in [0.15, 0.2) is 76.5 Å². The van der Waals surface area contributed by atoms with E-state index in [1.54, 1.807) is 36.0 Å². The molecule has 130 valence electrons. The van der Waals surface area contributed by atoms with Crippen molar-refractivity contribution in [3.63, 3.8) is 0 Å². The summed E-state index contributed by atoms with van der Waals surface area (Å²) in [5.74, 6) is -0.300. The first-order valence-corrected chi connectivity index (χ1v) is 9.10. The normalized spacial score (nSPS) is 13.1. The highest BCUT2D eigenvalue weighted by Gasteiger charge is 2.21. The Morgan fingerprint density at radius 3 is 2.50 bits per heavy atom. The van der Waals surface area contributed by atoms with Crippen LogP contribution >= 0.6 is 11.8 Å². The van der Waals surface area contributed by atoms with E-state index in [9.17, 15) is 4.79 Å². The fourth-order valence-corrected chi connectivity index (χ4v) is 3.99. The van der Waals surface area contributed by atoms with Gasteiger partial charge in [-0.3, -0.25) is 0 Å². The van der Waals surface area contributed by atoms with Crippen LogP contribution in [0.1, 0.15) is 28.9 Å². The van der Waals surface area contributed by atoms with Crippen molar-refractivity contribution in [1.29, 1.82) is 0 Å². The Morgan fingerprint density at radius 2 is 1.73 bits per heavy atom. The summed E-state index contributed by atoms with van der Waals surface area (Å²) < 4.78 is 6.05. The van der Waals surface area contributed by atoms with Crippen LogP contribution in [-0.2, 0) is 0 Å².